The molecule has 0 spiro atoms. The minimum absolute atomic E-state index is 0.237. The van der Waals surface area contributed by atoms with Crippen molar-refractivity contribution in [1.82, 2.24) is 10.2 Å². The van der Waals surface area contributed by atoms with Gasteiger partial charge in [-0.15, -0.1) is 0 Å². The minimum atomic E-state index is -0.510. The Balaban J connectivity index is 1.81. The van der Waals surface area contributed by atoms with Gasteiger partial charge < -0.3 is 38.6 Å². The highest BCUT2D eigenvalue weighted by Gasteiger charge is 2.19. The second kappa shape index (κ2) is 18.0. The quantitative estimate of drug-likeness (QED) is 0.337. The molecule has 0 bridgehead atoms. The first-order chi connectivity index (χ1) is 16.3. The van der Waals surface area contributed by atoms with E-state index in [2.05, 4.69) is 5.32 Å². The Morgan fingerprint density at radius 1 is 0.824 bits per heavy atom. The summed E-state index contributed by atoms with van der Waals surface area (Å²) in [5, 5.41) is 2.63. The van der Waals surface area contributed by atoms with Crippen LogP contribution in [0, 0.1) is 0 Å². The van der Waals surface area contributed by atoms with Crippen LogP contribution in [-0.2, 0) is 35.0 Å². The number of alkyl carbamates (subject to hydrolysis) is 1. The lowest BCUT2D eigenvalue weighted by molar-refractivity contribution is -0.00545. The summed E-state index contributed by atoms with van der Waals surface area (Å²) in [7, 11) is 1.67. The van der Waals surface area contributed by atoms with Gasteiger partial charge in [-0.05, 0) is 26.3 Å². The predicted octanol–water partition coefficient (Wildman–Crippen LogP) is 2.85. The Kier molecular flexibility index (Phi) is 15.7. The van der Waals surface area contributed by atoms with Gasteiger partial charge in [0.05, 0.1) is 52.9 Å². The number of likely N-dealkylation sites (N-methyl/N-ethyl adjacent to an activating group) is 1. The Morgan fingerprint density at radius 2 is 1.35 bits per heavy atom. The zero-order valence-corrected chi connectivity index (χ0v) is 20.9. The van der Waals surface area contributed by atoms with Crippen LogP contribution < -0.4 is 5.32 Å². The number of amides is 2. The van der Waals surface area contributed by atoms with Crippen molar-refractivity contribution < 1.29 is 38.0 Å². The van der Waals surface area contributed by atoms with E-state index >= 15 is 0 Å². The van der Waals surface area contributed by atoms with E-state index in [9.17, 15) is 9.59 Å². The van der Waals surface area contributed by atoms with Crippen molar-refractivity contribution in [2.75, 3.05) is 73.0 Å². The Labute approximate surface area is 202 Å². The summed E-state index contributed by atoms with van der Waals surface area (Å²) in [6.45, 7) is 9.98. The summed E-state index contributed by atoms with van der Waals surface area (Å²) in [6.07, 6.45) is -0.842. The van der Waals surface area contributed by atoms with Gasteiger partial charge in [0.1, 0.15) is 12.2 Å². The van der Waals surface area contributed by atoms with Crippen molar-refractivity contribution in [2.24, 2.45) is 0 Å². The van der Waals surface area contributed by atoms with Gasteiger partial charge in [0, 0.05) is 20.1 Å². The molecule has 2 amide bonds. The maximum atomic E-state index is 11.8. The number of ether oxygens (including phenoxy) is 6. The summed E-state index contributed by atoms with van der Waals surface area (Å²) >= 11 is 0. The van der Waals surface area contributed by atoms with Crippen LogP contribution in [0.5, 0.6) is 0 Å². The molecule has 0 aromatic heterocycles. The second-order valence-electron chi connectivity index (χ2n) is 8.34. The number of benzene rings is 1. The van der Waals surface area contributed by atoms with Gasteiger partial charge in [0.15, 0.2) is 0 Å². The van der Waals surface area contributed by atoms with Gasteiger partial charge in [-0.2, -0.15) is 0 Å². The number of hydrogen-bond donors (Lipinski definition) is 1. The molecule has 0 radical (unpaired) electrons. The number of rotatable bonds is 17. The molecule has 0 aliphatic heterocycles. The van der Waals surface area contributed by atoms with Crippen LogP contribution in [-0.4, -0.2) is 95.7 Å². The number of hydrogen-bond acceptors (Lipinski definition) is 8. The zero-order valence-electron chi connectivity index (χ0n) is 20.9. The summed E-state index contributed by atoms with van der Waals surface area (Å²) in [4.78, 5) is 24.9. The van der Waals surface area contributed by atoms with Crippen molar-refractivity contribution in [2.45, 2.75) is 33.0 Å². The third-order valence-electron chi connectivity index (χ3n) is 4.12. The fourth-order valence-corrected chi connectivity index (χ4v) is 2.39. The maximum absolute atomic E-state index is 11.8. The molecule has 10 nitrogen and oxygen atoms in total. The third-order valence-corrected chi connectivity index (χ3v) is 4.12. The monoisotopic (exact) mass is 484 g/mol. The molecule has 0 saturated carbocycles. The lowest BCUT2D eigenvalue weighted by atomic mass is 10.2. The first kappa shape index (κ1) is 29.6. The molecular formula is C24H40N2O8. The maximum Gasteiger partial charge on any atom is 0.410 e. The molecule has 1 rings (SSSR count). The van der Waals surface area contributed by atoms with Crippen LogP contribution in [0.2, 0.25) is 0 Å². The van der Waals surface area contributed by atoms with E-state index < -0.39 is 11.7 Å². The molecule has 0 unspecified atom stereocenters. The fraction of sp³-hybridized carbons (Fsp3) is 0.667. The molecule has 0 aliphatic rings. The van der Waals surface area contributed by atoms with Crippen molar-refractivity contribution in [3.63, 3.8) is 0 Å². The van der Waals surface area contributed by atoms with E-state index in [1.54, 1.807) is 7.05 Å². The average molecular weight is 485 g/mol. The highest BCUT2D eigenvalue weighted by Crippen LogP contribution is 2.08. The molecule has 0 heterocycles. The molecule has 0 fully saturated rings. The van der Waals surface area contributed by atoms with Gasteiger partial charge in [-0.25, -0.2) is 9.59 Å². The van der Waals surface area contributed by atoms with E-state index in [4.69, 9.17) is 28.4 Å². The number of nitrogens with one attached hydrogen (secondary N) is 1. The molecule has 1 aromatic carbocycles. The minimum Gasteiger partial charge on any atom is -0.445 e. The average Bonchev–Trinajstić information content (AvgIpc) is 2.79. The molecule has 10 heteroatoms. The van der Waals surface area contributed by atoms with Gasteiger partial charge in [-0.3, -0.25) is 0 Å². The van der Waals surface area contributed by atoms with E-state index in [0.29, 0.717) is 65.9 Å². The lowest BCUT2D eigenvalue weighted by Gasteiger charge is -2.24. The zero-order chi connectivity index (χ0) is 25.1. The molecule has 194 valence electrons. The van der Waals surface area contributed by atoms with Crippen LogP contribution in [0.15, 0.2) is 30.3 Å². The van der Waals surface area contributed by atoms with Crippen molar-refractivity contribution >= 4 is 12.2 Å². The smallest absolute Gasteiger partial charge is 0.410 e. The highest BCUT2D eigenvalue weighted by molar-refractivity contribution is 5.67. The first-order valence-corrected chi connectivity index (χ1v) is 11.5. The summed E-state index contributed by atoms with van der Waals surface area (Å²) in [5.74, 6) is 0. The second-order valence-corrected chi connectivity index (χ2v) is 8.34. The molecule has 0 aliphatic carbocycles. The molecule has 0 atom stereocenters. The SMILES string of the molecule is CN(CCOCCOCCOCCOCCNC(=O)OCc1ccccc1)C(=O)OC(C)(C)C. The summed E-state index contributed by atoms with van der Waals surface area (Å²) in [5.41, 5.74) is 0.426. The van der Waals surface area contributed by atoms with Crippen LogP contribution in [0.4, 0.5) is 9.59 Å². The van der Waals surface area contributed by atoms with Crippen molar-refractivity contribution in [1.29, 1.82) is 0 Å². The molecule has 1 aromatic rings. The van der Waals surface area contributed by atoms with E-state index in [-0.39, 0.29) is 12.7 Å². The Hall–Kier alpha value is -2.40. The molecule has 1 N–H and O–H groups in total. The summed E-state index contributed by atoms with van der Waals surface area (Å²) in [6, 6.07) is 9.49. The molecule has 34 heavy (non-hydrogen) atoms. The number of nitrogens with zero attached hydrogens (tertiary/aromatic N) is 1. The van der Waals surface area contributed by atoms with Crippen LogP contribution in [0.3, 0.4) is 0 Å². The lowest BCUT2D eigenvalue weighted by Crippen LogP contribution is -2.36. The van der Waals surface area contributed by atoms with Crippen LogP contribution >= 0.6 is 0 Å². The van der Waals surface area contributed by atoms with E-state index in [0.717, 1.165) is 5.56 Å². The number of carbonyl (C=O) groups is 2. The van der Waals surface area contributed by atoms with Crippen molar-refractivity contribution in [3.05, 3.63) is 35.9 Å². The van der Waals surface area contributed by atoms with Gasteiger partial charge >= 0.3 is 12.2 Å². The fourth-order valence-electron chi connectivity index (χ4n) is 2.39. The van der Waals surface area contributed by atoms with Gasteiger partial charge in [-0.1, -0.05) is 30.3 Å². The van der Waals surface area contributed by atoms with E-state index in [1.807, 2.05) is 51.1 Å². The highest BCUT2D eigenvalue weighted by atomic mass is 16.6. The van der Waals surface area contributed by atoms with Crippen molar-refractivity contribution in [3.8, 4) is 0 Å². The molecular weight excluding hydrogens is 444 g/mol. The summed E-state index contributed by atoms with van der Waals surface area (Å²) < 4.78 is 32.0. The normalized spacial score (nSPS) is 11.2. The standard InChI is InChI=1S/C24H40N2O8/c1-24(2,3)34-23(28)26(4)11-13-30-15-17-32-19-18-31-16-14-29-12-10-25-22(27)33-20-21-8-6-5-7-9-21/h5-9H,10-20H2,1-4H3,(H,25,27). The van der Waals surface area contributed by atoms with Gasteiger partial charge in [0.25, 0.3) is 0 Å². The third kappa shape index (κ3) is 17.1. The topological polar surface area (TPSA) is 105 Å². The molecule has 0 saturated heterocycles. The first-order valence-electron chi connectivity index (χ1n) is 11.5. The Bertz CT molecular complexity index is 667. The van der Waals surface area contributed by atoms with Crippen LogP contribution in [0.1, 0.15) is 26.3 Å². The van der Waals surface area contributed by atoms with E-state index in [1.165, 1.54) is 4.90 Å². The Morgan fingerprint density at radius 3 is 1.91 bits per heavy atom. The van der Waals surface area contributed by atoms with Gasteiger partial charge in [0.2, 0.25) is 0 Å². The number of carbonyl (C=O) groups excluding carboxylic acids is 2. The predicted molar refractivity (Wildman–Crippen MR) is 127 cm³/mol. The largest absolute Gasteiger partial charge is 0.445 e. The van der Waals surface area contributed by atoms with Crippen LogP contribution in [0.25, 0.3) is 0 Å².